The van der Waals surface area contributed by atoms with Crippen LogP contribution in [0, 0.1) is 5.92 Å². The van der Waals surface area contributed by atoms with Gasteiger partial charge in [-0.25, -0.2) is 8.42 Å². The van der Waals surface area contributed by atoms with Crippen LogP contribution in [0.15, 0.2) is 42.5 Å². The number of hydrogen-bond donors (Lipinski definition) is 1. The van der Waals surface area contributed by atoms with Crippen LogP contribution in [0.5, 0.6) is 0 Å². The average molecular weight is 386 g/mol. The Morgan fingerprint density at radius 2 is 1.89 bits per heavy atom. The molecule has 1 heterocycles. The quantitative estimate of drug-likeness (QED) is 0.857. The van der Waals surface area contributed by atoms with E-state index in [1.807, 2.05) is 35.2 Å². The summed E-state index contributed by atoms with van der Waals surface area (Å²) < 4.78 is 31.0. The van der Waals surface area contributed by atoms with Crippen LogP contribution in [-0.2, 0) is 26.2 Å². The van der Waals surface area contributed by atoms with Gasteiger partial charge in [0.25, 0.3) is 5.91 Å². The molecular formula is C20H22N2O4S. The summed E-state index contributed by atoms with van der Waals surface area (Å²) in [7, 11) is -3.33. The van der Waals surface area contributed by atoms with E-state index < -0.39 is 10.0 Å². The number of amides is 1. The second-order valence-electron chi connectivity index (χ2n) is 7.24. The molecule has 6 nitrogen and oxygen atoms in total. The Hall–Kier alpha value is -2.38. The summed E-state index contributed by atoms with van der Waals surface area (Å²) in [6.07, 6.45) is 3.49. The van der Waals surface area contributed by atoms with Gasteiger partial charge in [0.2, 0.25) is 10.0 Å². The van der Waals surface area contributed by atoms with E-state index in [0.29, 0.717) is 18.2 Å². The van der Waals surface area contributed by atoms with Crippen molar-refractivity contribution >= 4 is 27.3 Å². The molecule has 0 atom stereocenters. The van der Waals surface area contributed by atoms with Crippen molar-refractivity contribution in [3.05, 3.63) is 48.0 Å². The van der Waals surface area contributed by atoms with Crippen molar-refractivity contribution < 1.29 is 17.9 Å². The number of nitrogens with zero attached hydrogens (tertiary/aromatic N) is 1. The highest BCUT2D eigenvalue weighted by Gasteiger charge is 2.30. The molecule has 1 amide bonds. The fourth-order valence-electron chi connectivity index (χ4n) is 3.34. The van der Waals surface area contributed by atoms with Gasteiger partial charge in [0.15, 0.2) is 0 Å². The molecule has 1 saturated carbocycles. The van der Waals surface area contributed by atoms with Crippen LogP contribution in [0.4, 0.5) is 11.4 Å². The molecule has 2 aromatic rings. The zero-order chi connectivity index (χ0) is 19.0. The molecule has 0 spiro atoms. The summed E-state index contributed by atoms with van der Waals surface area (Å²) in [5.41, 5.74) is 4.26. The van der Waals surface area contributed by atoms with Gasteiger partial charge < -0.3 is 9.64 Å². The molecule has 0 aromatic heterocycles. The number of hydrogen-bond acceptors (Lipinski definition) is 4. The van der Waals surface area contributed by atoms with Crippen molar-refractivity contribution in [3.63, 3.8) is 0 Å². The van der Waals surface area contributed by atoms with Gasteiger partial charge in [-0.15, -0.1) is 0 Å². The van der Waals surface area contributed by atoms with E-state index in [9.17, 15) is 13.2 Å². The first kappa shape index (κ1) is 18.0. The van der Waals surface area contributed by atoms with Crippen molar-refractivity contribution in [2.45, 2.75) is 19.4 Å². The Kier molecular flexibility index (Phi) is 4.65. The number of fused-ring (bicyclic) bond motifs is 1. The predicted molar refractivity (Wildman–Crippen MR) is 105 cm³/mol. The molecule has 0 radical (unpaired) electrons. The van der Waals surface area contributed by atoms with Gasteiger partial charge in [0.05, 0.1) is 12.9 Å². The van der Waals surface area contributed by atoms with E-state index in [0.717, 1.165) is 35.2 Å². The Morgan fingerprint density at radius 1 is 1.11 bits per heavy atom. The molecule has 2 aliphatic rings. The highest BCUT2D eigenvalue weighted by atomic mass is 32.2. The molecule has 1 aliphatic carbocycles. The maximum atomic E-state index is 12.4. The van der Waals surface area contributed by atoms with Gasteiger partial charge in [-0.3, -0.25) is 9.52 Å². The minimum Gasteiger partial charge on any atom is -0.367 e. The van der Waals surface area contributed by atoms with E-state index in [1.165, 1.54) is 12.8 Å². The molecule has 0 bridgehead atoms. The van der Waals surface area contributed by atoms with Gasteiger partial charge >= 0.3 is 0 Å². The average Bonchev–Trinajstić information content (AvgIpc) is 3.43. The van der Waals surface area contributed by atoms with E-state index in [-0.39, 0.29) is 12.5 Å². The van der Waals surface area contributed by atoms with Crippen molar-refractivity contribution in [2.75, 3.05) is 29.0 Å². The smallest absolute Gasteiger partial charge is 0.253 e. The van der Waals surface area contributed by atoms with Gasteiger partial charge in [0, 0.05) is 23.5 Å². The zero-order valence-electron chi connectivity index (χ0n) is 15.1. The maximum absolute atomic E-state index is 12.4. The molecule has 1 aliphatic heterocycles. The van der Waals surface area contributed by atoms with Crippen LogP contribution < -0.4 is 9.62 Å². The number of rotatable bonds is 5. The van der Waals surface area contributed by atoms with Gasteiger partial charge in [0.1, 0.15) is 6.61 Å². The second-order valence-corrected chi connectivity index (χ2v) is 8.99. The van der Waals surface area contributed by atoms with Gasteiger partial charge in [-0.2, -0.15) is 0 Å². The molecule has 4 rings (SSSR count). The van der Waals surface area contributed by atoms with Crippen LogP contribution in [0.1, 0.15) is 18.4 Å². The van der Waals surface area contributed by atoms with E-state index >= 15 is 0 Å². The monoisotopic (exact) mass is 386 g/mol. The maximum Gasteiger partial charge on any atom is 0.253 e. The molecule has 2 aromatic carbocycles. The lowest BCUT2D eigenvalue weighted by molar-refractivity contribution is -0.123. The fraction of sp³-hybridized carbons (Fsp3) is 0.350. The Bertz CT molecular complexity index is 983. The summed E-state index contributed by atoms with van der Waals surface area (Å²) >= 11 is 0. The number of ether oxygens (including phenoxy) is 1. The number of benzene rings is 2. The number of anilines is 2. The van der Waals surface area contributed by atoms with Gasteiger partial charge in [-0.1, -0.05) is 18.2 Å². The van der Waals surface area contributed by atoms with Crippen molar-refractivity contribution in [3.8, 4) is 11.1 Å². The normalized spacial score (nSPS) is 17.4. The van der Waals surface area contributed by atoms with Crippen molar-refractivity contribution in [2.24, 2.45) is 5.92 Å². The lowest BCUT2D eigenvalue weighted by Crippen LogP contribution is -2.34. The van der Waals surface area contributed by atoms with Crippen molar-refractivity contribution in [1.82, 2.24) is 0 Å². The second kappa shape index (κ2) is 6.98. The van der Waals surface area contributed by atoms with Crippen LogP contribution in [0.3, 0.4) is 0 Å². The van der Waals surface area contributed by atoms with E-state index in [1.54, 1.807) is 12.1 Å². The standard InChI is InChI=1S/C20H22N2O4S/c1-27(24,25)21-18-4-2-3-15(10-18)16-7-8-19-17(9-16)12-26-13-20(23)22(19)11-14-5-6-14/h2-4,7-10,14,21H,5-6,11-13H2,1H3. The third-order valence-corrected chi connectivity index (χ3v) is 5.40. The number of sulfonamides is 1. The Labute approximate surface area is 159 Å². The molecule has 1 fully saturated rings. The number of carbonyl (C=O) groups excluding carboxylic acids is 1. The van der Waals surface area contributed by atoms with Crippen LogP contribution >= 0.6 is 0 Å². The summed E-state index contributed by atoms with van der Waals surface area (Å²) in [5, 5.41) is 0. The van der Waals surface area contributed by atoms with Gasteiger partial charge in [-0.05, 0) is 54.2 Å². The highest BCUT2D eigenvalue weighted by molar-refractivity contribution is 7.92. The lowest BCUT2D eigenvalue weighted by atomic mass is 10.0. The minimum atomic E-state index is -3.33. The summed E-state index contributed by atoms with van der Waals surface area (Å²) in [6.45, 7) is 1.24. The van der Waals surface area contributed by atoms with Crippen LogP contribution in [0.25, 0.3) is 11.1 Å². The first-order chi connectivity index (χ1) is 12.9. The summed E-state index contributed by atoms with van der Waals surface area (Å²) in [6, 6.07) is 13.2. The number of carbonyl (C=O) groups is 1. The largest absolute Gasteiger partial charge is 0.367 e. The van der Waals surface area contributed by atoms with Crippen molar-refractivity contribution in [1.29, 1.82) is 0 Å². The molecule has 1 N–H and O–H groups in total. The number of nitrogens with one attached hydrogen (secondary N) is 1. The van der Waals surface area contributed by atoms with Crippen LogP contribution in [-0.4, -0.2) is 33.7 Å². The summed E-state index contributed by atoms with van der Waals surface area (Å²) in [5.74, 6) is 0.603. The third kappa shape index (κ3) is 4.31. The molecule has 0 unspecified atom stereocenters. The van der Waals surface area contributed by atoms with Crippen LogP contribution in [0.2, 0.25) is 0 Å². The Morgan fingerprint density at radius 3 is 2.63 bits per heavy atom. The minimum absolute atomic E-state index is 0.00718. The topological polar surface area (TPSA) is 75.7 Å². The molecule has 27 heavy (non-hydrogen) atoms. The molecular weight excluding hydrogens is 364 g/mol. The zero-order valence-corrected chi connectivity index (χ0v) is 16.0. The first-order valence-electron chi connectivity index (χ1n) is 8.98. The highest BCUT2D eigenvalue weighted by Crippen LogP contribution is 2.35. The predicted octanol–water partition coefficient (Wildman–Crippen LogP) is 3.00. The summed E-state index contributed by atoms with van der Waals surface area (Å²) in [4.78, 5) is 14.3. The SMILES string of the molecule is CS(=O)(=O)Nc1cccc(-c2ccc3c(c2)COCC(=O)N3CC2CC2)c1. The van der Waals surface area contributed by atoms with E-state index in [2.05, 4.69) is 4.72 Å². The molecule has 0 saturated heterocycles. The third-order valence-electron chi connectivity index (χ3n) is 4.79. The first-order valence-corrected chi connectivity index (χ1v) is 10.9. The van der Waals surface area contributed by atoms with E-state index in [4.69, 9.17) is 4.74 Å². The fourth-order valence-corrected chi connectivity index (χ4v) is 3.89. The Balaban J connectivity index is 1.67. The molecule has 7 heteroatoms. The molecule has 142 valence electrons. The lowest BCUT2D eigenvalue weighted by Gasteiger charge is -2.22.